The van der Waals surface area contributed by atoms with Crippen LogP contribution in [-0.4, -0.2) is 22.9 Å². The molecule has 0 unspecified atom stereocenters. The standard InChI is InChI=1S/C15H26O2/c1-10-4-5-13-12(10)8-11-6-7-14(13,2)17-15(11,3)9-16/h10-13,16H,4-9H2,1-3H3/t10-,11-,12-,13-,14-,15-/m1/s1. The summed E-state index contributed by atoms with van der Waals surface area (Å²) in [4.78, 5) is 0. The molecule has 0 aromatic carbocycles. The molecule has 2 heterocycles. The van der Waals surface area contributed by atoms with Crippen LogP contribution in [0.5, 0.6) is 0 Å². The quantitative estimate of drug-likeness (QED) is 0.761. The second-order valence-corrected chi connectivity index (χ2v) is 7.18. The maximum atomic E-state index is 9.72. The molecule has 4 fully saturated rings. The minimum Gasteiger partial charge on any atom is -0.393 e. The molecule has 2 aliphatic heterocycles. The Morgan fingerprint density at radius 3 is 2.71 bits per heavy atom. The number of fused-ring (bicyclic) bond motifs is 2. The number of rotatable bonds is 1. The minimum atomic E-state index is -0.281. The Bertz CT molecular complexity index is 316. The highest BCUT2D eigenvalue weighted by atomic mass is 16.5. The van der Waals surface area contributed by atoms with Gasteiger partial charge in [-0.2, -0.15) is 0 Å². The molecule has 0 radical (unpaired) electrons. The zero-order valence-corrected chi connectivity index (χ0v) is 11.4. The van der Waals surface area contributed by atoms with E-state index in [9.17, 15) is 5.11 Å². The monoisotopic (exact) mass is 238 g/mol. The maximum absolute atomic E-state index is 9.72. The number of aliphatic hydroxyl groups is 1. The van der Waals surface area contributed by atoms with E-state index in [-0.39, 0.29) is 17.8 Å². The van der Waals surface area contributed by atoms with E-state index in [1.807, 2.05) is 0 Å². The van der Waals surface area contributed by atoms with Gasteiger partial charge in [-0.15, -0.1) is 0 Å². The molecule has 0 amide bonds. The van der Waals surface area contributed by atoms with Crippen LogP contribution in [0.4, 0.5) is 0 Å². The topological polar surface area (TPSA) is 29.5 Å². The van der Waals surface area contributed by atoms with Gasteiger partial charge in [0.25, 0.3) is 0 Å². The van der Waals surface area contributed by atoms with Crippen LogP contribution >= 0.6 is 0 Å². The van der Waals surface area contributed by atoms with E-state index in [2.05, 4.69) is 20.8 Å². The molecule has 0 aromatic rings. The second kappa shape index (κ2) is 3.71. The predicted octanol–water partition coefficient (Wildman–Crippen LogP) is 2.99. The minimum absolute atomic E-state index is 0.0277. The summed E-state index contributed by atoms with van der Waals surface area (Å²) in [5.74, 6) is 2.98. The van der Waals surface area contributed by atoms with Crippen LogP contribution in [-0.2, 0) is 4.74 Å². The van der Waals surface area contributed by atoms with Crippen molar-refractivity contribution in [1.82, 2.24) is 0 Å². The SMILES string of the molecule is C[C@@H]1CC[C@@H]2[C@@H]1C[C@H]1CC[C@@]2(C)O[C@]1(C)CO. The van der Waals surface area contributed by atoms with Crippen molar-refractivity contribution >= 4 is 0 Å². The third-order valence-electron chi connectivity index (χ3n) is 6.15. The van der Waals surface area contributed by atoms with Crippen LogP contribution in [0.15, 0.2) is 0 Å². The molecule has 2 saturated carbocycles. The Balaban J connectivity index is 1.97. The summed E-state index contributed by atoms with van der Waals surface area (Å²) in [5.41, 5.74) is -0.253. The second-order valence-electron chi connectivity index (χ2n) is 7.18. The van der Waals surface area contributed by atoms with Crippen LogP contribution in [0, 0.1) is 23.7 Å². The molecule has 2 nitrogen and oxygen atoms in total. The lowest BCUT2D eigenvalue weighted by atomic mass is 9.78. The van der Waals surface area contributed by atoms with E-state index in [0.717, 1.165) is 17.8 Å². The van der Waals surface area contributed by atoms with Crippen molar-refractivity contribution in [2.24, 2.45) is 23.7 Å². The Labute approximate surface area is 105 Å². The van der Waals surface area contributed by atoms with Crippen LogP contribution in [0.1, 0.15) is 52.9 Å². The van der Waals surface area contributed by atoms with Crippen molar-refractivity contribution in [3.63, 3.8) is 0 Å². The molecule has 2 saturated heterocycles. The van der Waals surface area contributed by atoms with Gasteiger partial charge in [0.15, 0.2) is 0 Å². The first-order valence-electron chi connectivity index (χ1n) is 7.29. The van der Waals surface area contributed by atoms with Crippen molar-refractivity contribution in [2.75, 3.05) is 6.61 Å². The molecular formula is C15H26O2. The molecule has 0 aromatic heterocycles. The summed E-state index contributed by atoms with van der Waals surface area (Å²) in [6.07, 6.45) is 6.42. The van der Waals surface area contributed by atoms with E-state index in [1.165, 1.54) is 32.1 Å². The van der Waals surface area contributed by atoms with Gasteiger partial charge in [0.05, 0.1) is 17.8 Å². The lowest BCUT2D eigenvalue weighted by Crippen LogP contribution is -2.53. The first-order valence-corrected chi connectivity index (χ1v) is 7.29. The van der Waals surface area contributed by atoms with Crippen LogP contribution in [0.25, 0.3) is 0 Å². The third kappa shape index (κ3) is 1.60. The van der Waals surface area contributed by atoms with Crippen molar-refractivity contribution in [1.29, 1.82) is 0 Å². The fourth-order valence-electron chi connectivity index (χ4n) is 4.97. The summed E-state index contributed by atoms with van der Waals surface area (Å²) in [6.45, 7) is 7.02. The molecule has 4 rings (SSSR count). The molecule has 2 aliphatic carbocycles. The molecule has 1 N–H and O–H groups in total. The van der Waals surface area contributed by atoms with E-state index in [1.54, 1.807) is 0 Å². The average molecular weight is 238 g/mol. The van der Waals surface area contributed by atoms with Gasteiger partial charge in [0, 0.05) is 0 Å². The third-order valence-corrected chi connectivity index (χ3v) is 6.15. The summed E-state index contributed by atoms with van der Waals surface area (Å²) < 4.78 is 6.45. The number of hydrogen-bond acceptors (Lipinski definition) is 2. The lowest BCUT2D eigenvalue weighted by molar-refractivity contribution is -0.221. The van der Waals surface area contributed by atoms with Gasteiger partial charge >= 0.3 is 0 Å². The number of ether oxygens (including phenoxy) is 1. The molecule has 6 atom stereocenters. The van der Waals surface area contributed by atoms with Crippen molar-refractivity contribution in [3.8, 4) is 0 Å². The highest BCUT2D eigenvalue weighted by Gasteiger charge is 2.57. The zero-order chi connectivity index (χ0) is 12.3. The fourth-order valence-corrected chi connectivity index (χ4v) is 4.97. The van der Waals surface area contributed by atoms with Gasteiger partial charge in [-0.3, -0.25) is 0 Å². The molecule has 98 valence electrons. The maximum Gasteiger partial charge on any atom is 0.0919 e. The van der Waals surface area contributed by atoms with E-state index >= 15 is 0 Å². The lowest BCUT2D eigenvalue weighted by Gasteiger charge is -2.48. The van der Waals surface area contributed by atoms with Crippen LogP contribution in [0.2, 0.25) is 0 Å². The largest absolute Gasteiger partial charge is 0.393 e. The van der Waals surface area contributed by atoms with Crippen molar-refractivity contribution < 1.29 is 9.84 Å². The molecule has 4 aliphatic rings. The molecular weight excluding hydrogens is 212 g/mol. The smallest absolute Gasteiger partial charge is 0.0919 e. The first kappa shape index (κ1) is 12.0. The Morgan fingerprint density at radius 1 is 1.24 bits per heavy atom. The van der Waals surface area contributed by atoms with E-state index in [4.69, 9.17) is 4.74 Å². The predicted molar refractivity (Wildman–Crippen MR) is 67.7 cm³/mol. The highest BCUT2D eigenvalue weighted by Crippen LogP contribution is 2.58. The Hall–Kier alpha value is -0.0800. The van der Waals surface area contributed by atoms with Gasteiger partial charge in [0.2, 0.25) is 0 Å². The molecule has 2 bridgehead atoms. The Morgan fingerprint density at radius 2 is 2.00 bits per heavy atom. The van der Waals surface area contributed by atoms with Gasteiger partial charge in [0.1, 0.15) is 0 Å². The molecule has 0 spiro atoms. The summed E-state index contributed by atoms with van der Waals surface area (Å²) in [7, 11) is 0. The molecule has 2 heteroatoms. The first-order chi connectivity index (χ1) is 7.98. The summed E-state index contributed by atoms with van der Waals surface area (Å²) in [5, 5.41) is 9.72. The van der Waals surface area contributed by atoms with Crippen LogP contribution < -0.4 is 0 Å². The van der Waals surface area contributed by atoms with E-state index < -0.39 is 0 Å². The van der Waals surface area contributed by atoms with Crippen molar-refractivity contribution in [2.45, 2.75) is 64.1 Å². The van der Waals surface area contributed by atoms with Gasteiger partial charge in [-0.25, -0.2) is 0 Å². The normalized spacial score (nSPS) is 57.9. The van der Waals surface area contributed by atoms with Gasteiger partial charge in [-0.05, 0) is 63.2 Å². The molecule has 17 heavy (non-hydrogen) atoms. The summed E-state index contributed by atoms with van der Waals surface area (Å²) >= 11 is 0. The summed E-state index contributed by atoms with van der Waals surface area (Å²) in [6, 6.07) is 0. The number of hydrogen-bond donors (Lipinski definition) is 1. The average Bonchev–Trinajstić information content (AvgIpc) is 2.53. The highest BCUT2D eigenvalue weighted by molar-refractivity contribution is 5.06. The van der Waals surface area contributed by atoms with Gasteiger partial charge in [-0.1, -0.05) is 13.3 Å². The fraction of sp³-hybridized carbons (Fsp3) is 1.00. The van der Waals surface area contributed by atoms with Crippen LogP contribution in [0.3, 0.4) is 0 Å². The van der Waals surface area contributed by atoms with E-state index in [0.29, 0.717) is 5.92 Å². The van der Waals surface area contributed by atoms with Gasteiger partial charge < -0.3 is 9.84 Å². The zero-order valence-electron chi connectivity index (χ0n) is 11.4. The number of aliphatic hydroxyl groups excluding tert-OH is 1. The van der Waals surface area contributed by atoms with Crippen molar-refractivity contribution in [3.05, 3.63) is 0 Å². The Kier molecular flexibility index (Phi) is 2.61.